The average Bonchev–Trinajstić information content (AvgIpc) is 3.13. The van der Waals surface area contributed by atoms with E-state index < -0.39 is 0 Å². The summed E-state index contributed by atoms with van der Waals surface area (Å²) in [6.07, 6.45) is 0. The summed E-state index contributed by atoms with van der Waals surface area (Å²) in [5.74, 6) is -0.755. The predicted molar refractivity (Wildman–Crippen MR) is 110 cm³/mol. The number of carbonyl (C=O) groups is 3. The maximum absolute atomic E-state index is 12.8. The summed E-state index contributed by atoms with van der Waals surface area (Å²) in [5.41, 5.74) is 1.13. The standard InChI is InChI=1S/C21H22ClN3O4/c1-29-11-10-23(21(28)16-6-3-2-4-7-16)13-19(26)24-14-20(27)25(15-24)18-9-5-8-17(22)12-18/h2-9,12H,10-11,13-15H2,1H3. The third-order valence-electron chi connectivity index (χ3n) is 4.61. The zero-order valence-electron chi connectivity index (χ0n) is 16.1. The van der Waals surface area contributed by atoms with Crippen LogP contribution < -0.4 is 4.90 Å². The lowest BCUT2D eigenvalue weighted by Gasteiger charge is -2.25. The highest BCUT2D eigenvalue weighted by atomic mass is 35.5. The molecule has 0 unspecified atom stereocenters. The lowest BCUT2D eigenvalue weighted by atomic mass is 10.2. The Morgan fingerprint density at radius 1 is 1.14 bits per heavy atom. The first-order chi connectivity index (χ1) is 14.0. The van der Waals surface area contributed by atoms with Crippen molar-refractivity contribution in [2.24, 2.45) is 0 Å². The van der Waals surface area contributed by atoms with Crippen molar-refractivity contribution in [2.45, 2.75) is 0 Å². The molecule has 2 aromatic carbocycles. The number of hydrogen-bond acceptors (Lipinski definition) is 4. The number of nitrogens with zero attached hydrogens (tertiary/aromatic N) is 3. The molecule has 152 valence electrons. The van der Waals surface area contributed by atoms with Crippen LogP contribution in [0.1, 0.15) is 10.4 Å². The summed E-state index contributed by atoms with van der Waals surface area (Å²) >= 11 is 6.01. The van der Waals surface area contributed by atoms with E-state index in [1.807, 2.05) is 6.07 Å². The van der Waals surface area contributed by atoms with Gasteiger partial charge in [-0.25, -0.2) is 0 Å². The summed E-state index contributed by atoms with van der Waals surface area (Å²) in [5, 5.41) is 0.513. The van der Waals surface area contributed by atoms with Gasteiger partial charge in [-0.05, 0) is 30.3 Å². The van der Waals surface area contributed by atoms with Gasteiger partial charge < -0.3 is 14.5 Å². The van der Waals surface area contributed by atoms with Gasteiger partial charge in [-0.15, -0.1) is 0 Å². The molecule has 8 heteroatoms. The van der Waals surface area contributed by atoms with Crippen molar-refractivity contribution in [1.29, 1.82) is 0 Å². The van der Waals surface area contributed by atoms with Crippen LogP contribution in [-0.2, 0) is 14.3 Å². The van der Waals surface area contributed by atoms with E-state index in [-0.39, 0.29) is 44.0 Å². The average molecular weight is 416 g/mol. The number of carbonyl (C=O) groups excluding carboxylic acids is 3. The van der Waals surface area contributed by atoms with Gasteiger partial charge in [0, 0.05) is 29.9 Å². The van der Waals surface area contributed by atoms with Crippen LogP contribution in [0.15, 0.2) is 54.6 Å². The zero-order valence-corrected chi connectivity index (χ0v) is 16.8. The molecule has 1 aliphatic rings. The van der Waals surface area contributed by atoms with Crippen molar-refractivity contribution in [1.82, 2.24) is 9.80 Å². The van der Waals surface area contributed by atoms with E-state index >= 15 is 0 Å². The van der Waals surface area contributed by atoms with E-state index in [1.165, 1.54) is 21.8 Å². The molecule has 1 saturated heterocycles. The summed E-state index contributed by atoms with van der Waals surface area (Å²) in [7, 11) is 1.54. The van der Waals surface area contributed by atoms with E-state index in [9.17, 15) is 14.4 Å². The normalized spacial score (nSPS) is 13.7. The number of methoxy groups -OCH3 is 1. The topological polar surface area (TPSA) is 70.2 Å². The second kappa shape index (κ2) is 9.54. The molecule has 1 fully saturated rings. The van der Waals surface area contributed by atoms with Gasteiger partial charge in [0.25, 0.3) is 5.91 Å². The first kappa shape index (κ1) is 20.8. The van der Waals surface area contributed by atoms with Crippen molar-refractivity contribution in [2.75, 3.05) is 44.9 Å². The number of benzene rings is 2. The fourth-order valence-corrected chi connectivity index (χ4v) is 3.25. The van der Waals surface area contributed by atoms with Gasteiger partial charge in [0.15, 0.2) is 0 Å². The van der Waals surface area contributed by atoms with Crippen molar-refractivity contribution in [3.05, 3.63) is 65.2 Å². The van der Waals surface area contributed by atoms with E-state index in [0.717, 1.165) is 0 Å². The highest BCUT2D eigenvalue weighted by Crippen LogP contribution is 2.23. The predicted octanol–water partition coefficient (Wildman–Crippen LogP) is 2.26. The maximum atomic E-state index is 12.8. The molecular formula is C21H22ClN3O4. The number of hydrogen-bond donors (Lipinski definition) is 0. The molecule has 29 heavy (non-hydrogen) atoms. The Morgan fingerprint density at radius 2 is 1.90 bits per heavy atom. The Morgan fingerprint density at radius 3 is 2.59 bits per heavy atom. The van der Waals surface area contributed by atoms with Gasteiger partial charge in [0.05, 0.1) is 6.61 Å². The molecule has 1 heterocycles. The number of halogens is 1. The van der Waals surface area contributed by atoms with Gasteiger partial charge in [0.2, 0.25) is 11.8 Å². The molecule has 0 aliphatic carbocycles. The maximum Gasteiger partial charge on any atom is 0.254 e. The fourth-order valence-electron chi connectivity index (χ4n) is 3.07. The summed E-state index contributed by atoms with van der Waals surface area (Å²) in [6.45, 7) is 0.529. The molecule has 0 bridgehead atoms. The van der Waals surface area contributed by atoms with Crippen LogP contribution in [0, 0.1) is 0 Å². The summed E-state index contributed by atoms with van der Waals surface area (Å²) in [4.78, 5) is 42.4. The van der Waals surface area contributed by atoms with Crippen molar-refractivity contribution < 1.29 is 19.1 Å². The van der Waals surface area contributed by atoms with Crippen LogP contribution in [0.25, 0.3) is 0 Å². The molecule has 2 aromatic rings. The zero-order chi connectivity index (χ0) is 20.8. The SMILES string of the molecule is COCCN(CC(=O)N1CC(=O)N(c2cccc(Cl)c2)C1)C(=O)c1ccccc1. The molecule has 0 N–H and O–H groups in total. The molecule has 0 radical (unpaired) electrons. The third kappa shape index (κ3) is 5.13. The van der Waals surface area contributed by atoms with Crippen LogP contribution >= 0.6 is 11.6 Å². The number of anilines is 1. The van der Waals surface area contributed by atoms with Crippen LogP contribution in [0.4, 0.5) is 5.69 Å². The first-order valence-electron chi connectivity index (χ1n) is 9.16. The quantitative estimate of drug-likeness (QED) is 0.695. The van der Waals surface area contributed by atoms with E-state index in [2.05, 4.69) is 0 Å². The van der Waals surface area contributed by atoms with E-state index in [1.54, 1.807) is 48.5 Å². The largest absolute Gasteiger partial charge is 0.383 e. The van der Waals surface area contributed by atoms with Crippen molar-refractivity contribution in [3.8, 4) is 0 Å². The van der Waals surface area contributed by atoms with Crippen LogP contribution in [0.3, 0.4) is 0 Å². The Labute approximate surface area is 174 Å². The lowest BCUT2D eigenvalue weighted by Crippen LogP contribution is -2.44. The summed E-state index contributed by atoms with van der Waals surface area (Å²) < 4.78 is 5.07. The Kier molecular flexibility index (Phi) is 6.85. The van der Waals surface area contributed by atoms with Crippen molar-refractivity contribution >= 4 is 35.0 Å². The van der Waals surface area contributed by atoms with E-state index in [0.29, 0.717) is 22.9 Å². The smallest absolute Gasteiger partial charge is 0.254 e. The minimum absolute atomic E-state index is 0.0387. The molecule has 0 atom stereocenters. The second-order valence-corrected chi connectivity index (χ2v) is 7.06. The minimum atomic E-state index is -0.303. The molecular weight excluding hydrogens is 394 g/mol. The fraction of sp³-hybridized carbons (Fsp3) is 0.286. The van der Waals surface area contributed by atoms with Crippen LogP contribution in [0.2, 0.25) is 5.02 Å². The van der Waals surface area contributed by atoms with Crippen LogP contribution in [-0.4, -0.2) is 67.5 Å². The molecule has 7 nitrogen and oxygen atoms in total. The van der Waals surface area contributed by atoms with Gasteiger partial charge >= 0.3 is 0 Å². The van der Waals surface area contributed by atoms with E-state index in [4.69, 9.17) is 16.3 Å². The molecule has 0 aromatic heterocycles. The Balaban J connectivity index is 1.69. The highest BCUT2D eigenvalue weighted by molar-refractivity contribution is 6.31. The molecule has 3 rings (SSSR count). The van der Waals surface area contributed by atoms with Crippen molar-refractivity contribution in [3.63, 3.8) is 0 Å². The second-order valence-electron chi connectivity index (χ2n) is 6.62. The Hall–Kier alpha value is -2.90. The van der Waals surface area contributed by atoms with Gasteiger partial charge in [0.1, 0.15) is 19.8 Å². The summed E-state index contributed by atoms with van der Waals surface area (Å²) in [6, 6.07) is 15.7. The van der Waals surface area contributed by atoms with Gasteiger partial charge in [-0.2, -0.15) is 0 Å². The minimum Gasteiger partial charge on any atom is -0.383 e. The Bertz CT molecular complexity index is 891. The number of rotatable bonds is 7. The third-order valence-corrected chi connectivity index (χ3v) is 4.85. The molecule has 3 amide bonds. The number of amides is 3. The van der Waals surface area contributed by atoms with Crippen LogP contribution in [0.5, 0.6) is 0 Å². The first-order valence-corrected chi connectivity index (χ1v) is 9.54. The number of ether oxygens (including phenoxy) is 1. The molecule has 1 aliphatic heterocycles. The van der Waals surface area contributed by atoms with Gasteiger partial charge in [-0.3, -0.25) is 19.3 Å². The van der Waals surface area contributed by atoms with Gasteiger partial charge in [-0.1, -0.05) is 35.9 Å². The lowest BCUT2D eigenvalue weighted by molar-refractivity contribution is -0.132. The molecule has 0 saturated carbocycles. The highest BCUT2D eigenvalue weighted by Gasteiger charge is 2.33. The monoisotopic (exact) mass is 415 g/mol. The molecule has 0 spiro atoms.